The van der Waals surface area contributed by atoms with Crippen molar-refractivity contribution in [2.75, 3.05) is 26.9 Å². The maximum atomic E-state index is 10.4. The van der Waals surface area contributed by atoms with Gasteiger partial charge in [-0.25, -0.2) is 4.79 Å². The molecule has 0 saturated heterocycles. The Bertz CT molecular complexity index is 114. The van der Waals surface area contributed by atoms with E-state index in [-0.39, 0.29) is 0 Å². The Morgan fingerprint density at radius 2 is 1.92 bits per heavy atom. The first-order valence-electron chi connectivity index (χ1n) is 4.09. The smallest absolute Gasteiger partial charge is 0.438 e. The van der Waals surface area contributed by atoms with Crippen molar-refractivity contribution >= 4 is 6.16 Å². The maximum Gasteiger partial charge on any atom is 0.507 e. The molecule has 0 fully saturated rings. The van der Waals surface area contributed by atoms with E-state index in [0.717, 1.165) is 26.1 Å². The molecule has 0 heterocycles. The van der Waals surface area contributed by atoms with Crippen LogP contribution in [0.5, 0.6) is 0 Å². The molecule has 0 atom stereocenters. The van der Waals surface area contributed by atoms with Crippen molar-refractivity contribution in [3.63, 3.8) is 0 Å². The lowest BCUT2D eigenvalue weighted by Gasteiger charge is -2.02. The van der Waals surface area contributed by atoms with Gasteiger partial charge in [0.25, 0.3) is 0 Å². The molecule has 4 nitrogen and oxygen atoms in total. The first kappa shape index (κ1) is 11.2. The molecule has 0 amide bonds. The van der Waals surface area contributed by atoms with Crippen molar-refractivity contribution in [2.24, 2.45) is 0 Å². The van der Waals surface area contributed by atoms with E-state index < -0.39 is 6.16 Å². The highest BCUT2D eigenvalue weighted by Crippen LogP contribution is 1.92. The number of hydrogen-bond donors (Lipinski definition) is 0. The summed E-state index contributed by atoms with van der Waals surface area (Å²) in [6, 6.07) is 0. The molecule has 0 aromatic rings. The Labute approximate surface area is 72.8 Å². The van der Waals surface area contributed by atoms with Crippen molar-refractivity contribution in [1.29, 1.82) is 0 Å². The zero-order valence-corrected chi connectivity index (χ0v) is 7.67. The van der Waals surface area contributed by atoms with Gasteiger partial charge in [0.2, 0.25) is 0 Å². The molecule has 0 aromatic carbocycles. The Balaban J connectivity index is 2.95. The molecule has 0 aliphatic carbocycles. The van der Waals surface area contributed by atoms with Gasteiger partial charge in [-0.2, -0.15) is 0 Å². The molecule has 0 aliphatic heterocycles. The number of methoxy groups -OCH3 is 1. The molecule has 12 heavy (non-hydrogen) atoms. The summed E-state index contributed by atoms with van der Waals surface area (Å²) < 4.78 is 14.0. The van der Waals surface area contributed by atoms with Crippen molar-refractivity contribution in [2.45, 2.75) is 19.8 Å². The van der Waals surface area contributed by atoms with E-state index in [4.69, 9.17) is 4.74 Å². The van der Waals surface area contributed by atoms with Crippen molar-refractivity contribution in [1.82, 2.24) is 0 Å². The van der Waals surface area contributed by atoms with Gasteiger partial charge in [0.05, 0.1) is 13.7 Å². The van der Waals surface area contributed by atoms with Crippen LogP contribution in [0.4, 0.5) is 4.79 Å². The summed E-state index contributed by atoms with van der Waals surface area (Å²) in [5.74, 6) is 0. The highest BCUT2D eigenvalue weighted by molar-refractivity contribution is 5.59. The second kappa shape index (κ2) is 8.33. The summed E-state index contributed by atoms with van der Waals surface area (Å²) in [5, 5.41) is 0. The van der Waals surface area contributed by atoms with Crippen molar-refractivity contribution < 1.29 is 19.0 Å². The molecule has 0 aromatic heterocycles. The summed E-state index contributed by atoms with van der Waals surface area (Å²) in [6.45, 7) is 3.81. The van der Waals surface area contributed by atoms with Gasteiger partial charge in [0, 0.05) is 13.2 Å². The Hall–Kier alpha value is -0.770. The average molecular weight is 176 g/mol. The van der Waals surface area contributed by atoms with E-state index in [9.17, 15) is 4.79 Å². The lowest BCUT2D eigenvalue weighted by Crippen LogP contribution is -2.06. The minimum Gasteiger partial charge on any atom is -0.438 e. The van der Waals surface area contributed by atoms with Crippen LogP contribution in [0.3, 0.4) is 0 Å². The van der Waals surface area contributed by atoms with Gasteiger partial charge >= 0.3 is 6.16 Å². The predicted molar refractivity (Wildman–Crippen MR) is 44.1 cm³/mol. The zero-order chi connectivity index (χ0) is 9.23. The molecule has 72 valence electrons. The van der Waals surface area contributed by atoms with Crippen LogP contribution in [-0.2, 0) is 14.2 Å². The quantitative estimate of drug-likeness (QED) is 0.455. The van der Waals surface area contributed by atoms with Gasteiger partial charge in [-0.1, -0.05) is 0 Å². The van der Waals surface area contributed by atoms with E-state index in [1.165, 1.54) is 7.11 Å². The van der Waals surface area contributed by atoms with Gasteiger partial charge in [-0.15, -0.1) is 0 Å². The van der Waals surface area contributed by atoms with Crippen LogP contribution in [-0.4, -0.2) is 33.1 Å². The van der Waals surface area contributed by atoms with Gasteiger partial charge in [-0.05, 0) is 19.8 Å². The third-order valence-electron chi connectivity index (χ3n) is 1.27. The molecule has 0 spiro atoms. The Morgan fingerprint density at radius 1 is 1.25 bits per heavy atom. The van der Waals surface area contributed by atoms with E-state index in [2.05, 4.69) is 9.47 Å². The Kier molecular flexibility index (Phi) is 7.79. The third-order valence-corrected chi connectivity index (χ3v) is 1.27. The molecule has 0 aliphatic rings. The molecule has 0 rings (SSSR count). The lowest BCUT2D eigenvalue weighted by molar-refractivity contribution is 0.0678. The predicted octanol–water partition coefficient (Wildman–Crippen LogP) is 1.59. The summed E-state index contributed by atoms with van der Waals surface area (Å²) in [4.78, 5) is 10.4. The number of unbranched alkanes of at least 4 members (excludes halogenated alkanes) is 1. The Morgan fingerprint density at radius 3 is 2.50 bits per heavy atom. The normalized spacial score (nSPS) is 9.50. The standard InChI is InChI=1S/C8H16O4/c1-3-11-6-4-5-7-12-8(9)10-2/h3-7H2,1-2H3. The van der Waals surface area contributed by atoms with Crippen molar-refractivity contribution in [3.05, 3.63) is 0 Å². The number of carbonyl (C=O) groups is 1. The number of hydrogen-bond acceptors (Lipinski definition) is 4. The number of carbonyl (C=O) groups excluding carboxylic acids is 1. The summed E-state index contributed by atoms with van der Waals surface area (Å²) in [5.41, 5.74) is 0. The lowest BCUT2D eigenvalue weighted by atomic mass is 10.3. The van der Waals surface area contributed by atoms with Gasteiger partial charge in [0.15, 0.2) is 0 Å². The topological polar surface area (TPSA) is 44.8 Å². The fourth-order valence-electron chi connectivity index (χ4n) is 0.665. The van der Waals surface area contributed by atoms with E-state index in [1.54, 1.807) is 0 Å². The van der Waals surface area contributed by atoms with Crippen LogP contribution in [0, 0.1) is 0 Å². The molecule has 0 saturated carbocycles. The summed E-state index contributed by atoms with van der Waals surface area (Å²) >= 11 is 0. The highest BCUT2D eigenvalue weighted by atomic mass is 16.7. The molecule has 0 bridgehead atoms. The van der Waals surface area contributed by atoms with Crippen LogP contribution in [0.15, 0.2) is 0 Å². The van der Waals surface area contributed by atoms with Crippen LogP contribution in [0.2, 0.25) is 0 Å². The molecular weight excluding hydrogens is 160 g/mol. The first-order chi connectivity index (χ1) is 5.81. The summed E-state index contributed by atoms with van der Waals surface area (Å²) in [6.07, 6.45) is 1.10. The maximum absolute atomic E-state index is 10.4. The molecule has 0 unspecified atom stereocenters. The van der Waals surface area contributed by atoms with E-state index in [0.29, 0.717) is 6.61 Å². The first-order valence-corrected chi connectivity index (χ1v) is 4.09. The molecule has 0 radical (unpaired) electrons. The second-order valence-electron chi connectivity index (χ2n) is 2.21. The zero-order valence-electron chi connectivity index (χ0n) is 7.67. The minimum atomic E-state index is -0.619. The van der Waals surface area contributed by atoms with E-state index >= 15 is 0 Å². The van der Waals surface area contributed by atoms with Crippen LogP contribution < -0.4 is 0 Å². The highest BCUT2D eigenvalue weighted by Gasteiger charge is 1.98. The second-order valence-corrected chi connectivity index (χ2v) is 2.21. The largest absolute Gasteiger partial charge is 0.507 e. The number of ether oxygens (including phenoxy) is 3. The van der Waals surface area contributed by atoms with Crippen LogP contribution in [0.25, 0.3) is 0 Å². The SMILES string of the molecule is CCOCCCCOC(=O)OC. The molecule has 4 heteroatoms. The van der Waals surface area contributed by atoms with Gasteiger partial charge in [-0.3, -0.25) is 0 Å². The van der Waals surface area contributed by atoms with Gasteiger partial charge < -0.3 is 14.2 Å². The third kappa shape index (κ3) is 7.34. The summed E-state index contributed by atoms with van der Waals surface area (Å²) in [7, 11) is 1.29. The van der Waals surface area contributed by atoms with Crippen LogP contribution >= 0.6 is 0 Å². The van der Waals surface area contributed by atoms with Crippen LogP contribution in [0.1, 0.15) is 19.8 Å². The average Bonchev–Trinajstić information content (AvgIpc) is 2.10. The van der Waals surface area contributed by atoms with Crippen molar-refractivity contribution in [3.8, 4) is 0 Å². The number of rotatable bonds is 6. The fraction of sp³-hybridized carbons (Fsp3) is 0.875. The van der Waals surface area contributed by atoms with E-state index in [1.807, 2.05) is 6.92 Å². The molecular formula is C8H16O4. The van der Waals surface area contributed by atoms with Gasteiger partial charge in [0.1, 0.15) is 0 Å². The monoisotopic (exact) mass is 176 g/mol. The minimum absolute atomic E-state index is 0.403. The molecule has 0 N–H and O–H groups in total. The fourth-order valence-corrected chi connectivity index (χ4v) is 0.665.